The lowest BCUT2D eigenvalue weighted by molar-refractivity contribution is -0.126. The number of methoxy groups -OCH3 is 1. The fraction of sp³-hybridized carbons (Fsp3) is 0.529. The molecule has 0 saturated carbocycles. The van der Waals surface area contributed by atoms with Crippen LogP contribution < -0.4 is 10.1 Å². The molecule has 0 spiro atoms. The van der Waals surface area contributed by atoms with Gasteiger partial charge in [0.2, 0.25) is 5.91 Å². The summed E-state index contributed by atoms with van der Waals surface area (Å²) in [5.41, 5.74) is 0.607. The van der Waals surface area contributed by atoms with E-state index in [0.717, 1.165) is 0 Å². The van der Waals surface area contributed by atoms with Crippen LogP contribution in [-0.4, -0.2) is 55.2 Å². The zero-order chi connectivity index (χ0) is 16.7. The predicted molar refractivity (Wildman–Crippen MR) is 86.3 cm³/mol. The molecule has 2 N–H and O–H groups in total. The molecule has 6 heteroatoms. The van der Waals surface area contributed by atoms with Crippen molar-refractivity contribution >= 4 is 11.8 Å². The molecule has 0 aromatic heterocycles. The van der Waals surface area contributed by atoms with Crippen molar-refractivity contribution in [2.24, 2.45) is 5.92 Å². The van der Waals surface area contributed by atoms with Crippen molar-refractivity contribution in [2.75, 3.05) is 33.4 Å². The summed E-state index contributed by atoms with van der Waals surface area (Å²) in [6.45, 7) is 1.73. The van der Waals surface area contributed by atoms with Crippen LogP contribution in [-0.2, 0) is 4.79 Å². The molecule has 0 aliphatic carbocycles. The lowest BCUT2D eigenvalue weighted by Crippen LogP contribution is -2.43. The van der Waals surface area contributed by atoms with Crippen LogP contribution in [0.4, 0.5) is 0 Å². The van der Waals surface area contributed by atoms with Gasteiger partial charge in [-0.25, -0.2) is 0 Å². The number of hydrogen-bond donors (Lipinski definition) is 2. The lowest BCUT2D eigenvalue weighted by atomic mass is 9.95. The van der Waals surface area contributed by atoms with E-state index < -0.39 is 0 Å². The summed E-state index contributed by atoms with van der Waals surface area (Å²) in [6.07, 6.45) is 1.90. The van der Waals surface area contributed by atoms with Gasteiger partial charge in [-0.05, 0) is 37.5 Å². The Hall–Kier alpha value is -2.08. The highest BCUT2D eigenvalue weighted by Crippen LogP contribution is 2.21. The number of rotatable bonds is 6. The maximum absolute atomic E-state index is 12.5. The molecule has 2 rings (SSSR count). The number of benzene rings is 1. The van der Waals surface area contributed by atoms with Crippen LogP contribution in [0.1, 0.15) is 29.6 Å². The summed E-state index contributed by atoms with van der Waals surface area (Å²) in [5, 5.41) is 11.6. The number of amides is 2. The molecule has 1 fully saturated rings. The second kappa shape index (κ2) is 8.53. The summed E-state index contributed by atoms with van der Waals surface area (Å²) in [6, 6.07) is 7.11. The summed E-state index contributed by atoms with van der Waals surface area (Å²) in [5.74, 6) is 0.604. The first-order chi connectivity index (χ1) is 11.2. The molecule has 2 amide bonds. The Balaban J connectivity index is 1.86. The zero-order valence-electron chi connectivity index (χ0n) is 13.5. The first-order valence-corrected chi connectivity index (χ1v) is 7.97. The Morgan fingerprint density at radius 2 is 2.09 bits per heavy atom. The van der Waals surface area contributed by atoms with Gasteiger partial charge in [0.05, 0.1) is 7.11 Å². The highest BCUT2D eigenvalue weighted by atomic mass is 16.5. The monoisotopic (exact) mass is 320 g/mol. The summed E-state index contributed by atoms with van der Waals surface area (Å²) in [4.78, 5) is 26.3. The number of ether oxygens (including phenoxy) is 1. The zero-order valence-corrected chi connectivity index (χ0v) is 13.5. The number of aliphatic hydroxyl groups excluding tert-OH is 1. The number of carbonyl (C=O) groups excluding carboxylic acids is 2. The SMILES string of the molecule is COc1cccc(C(=O)N2CCC(C(=O)NCCCO)CC2)c1. The van der Waals surface area contributed by atoms with Crippen LogP contribution >= 0.6 is 0 Å². The normalized spacial score (nSPS) is 15.3. The van der Waals surface area contributed by atoms with Gasteiger partial charge in [0.15, 0.2) is 0 Å². The van der Waals surface area contributed by atoms with E-state index in [1.165, 1.54) is 0 Å². The highest BCUT2D eigenvalue weighted by molar-refractivity contribution is 5.94. The van der Waals surface area contributed by atoms with Gasteiger partial charge >= 0.3 is 0 Å². The molecule has 1 aliphatic rings. The van der Waals surface area contributed by atoms with Crippen molar-refractivity contribution < 1.29 is 19.4 Å². The van der Waals surface area contributed by atoms with Crippen molar-refractivity contribution in [3.8, 4) is 5.75 Å². The third-order valence-corrected chi connectivity index (χ3v) is 4.10. The molecule has 0 unspecified atom stereocenters. The minimum Gasteiger partial charge on any atom is -0.497 e. The maximum Gasteiger partial charge on any atom is 0.253 e. The Morgan fingerprint density at radius 1 is 1.35 bits per heavy atom. The largest absolute Gasteiger partial charge is 0.497 e. The van der Waals surface area contributed by atoms with E-state index in [0.29, 0.717) is 50.2 Å². The van der Waals surface area contributed by atoms with Gasteiger partial charge in [0, 0.05) is 37.7 Å². The van der Waals surface area contributed by atoms with Crippen LogP contribution in [0.3, 0.4) is 0 Å². The van der Waals surface area contributed by atoms with E-state index in [-0.39, 0.29) is 24.3 Å². The van der Waals surface area contributed by atoms with Crippen LogP contribution in [0.5, 0.6) is 5.75 Å². The van der Waals surface area contributed by atoms with E-state index in [2.05, 4.69) is 5.32 Å². The topological polar surface area (TPSA) is 78.9 Å². The number of likely N-dealkylation sites (tertiary alicyclic amines) is 1. The minimum absolute atomic E-state index is 0.0203. The molecule has 0 atom stereocenters. The van der Waals surface area contributed by atoms with Gasteiger partial charge in [-0.3, -0.25) is 9.59 Å². The summed E-state index contributed by atoms with van der Waals surface area (Å²) in [7, 11) is 1.57. The molecule has 0 bridgehead atoms. The van der Waals surface area contributed by atoms with Gasteiger partial charge in [-0.2, -0.15) is 0 Å². The quantitative estimate of drug-likeness (QED) is 0.768. The Bertz CT molecular complexity index is 539. The van der Waals surface area contributed by atoms with Crippen molar-refractivity contribution in [3.05, 3.63) is 29.8 Å². The third kappa shape index (κ3) is 4.69. The second-order valence-electron chi connectivity index (χ2n) is 5.67. The number of hydrogen-bond acceptors (Lipinski definition) is 4. The standard InChI is InChI=1S/C17H24N2O4/c1-23-15-5-2-4-14(12-15)17(22)19-9-6-13(7-10-19)16(21)18-8-3-11-20/h2,4-5,12-13,20H,3,6-11H2,1H3,(H,18,21). The van der Waals surface area contributed by atoms with Gasteiger partial charge in [0.25, 0.3) is 5.91 Å². The molecule has 1 heterocycles. The first-order valence-electron chi connectivity index (χ1n) is 7.97. The molecular weight excluding hydrogens is 296 g/mol. The molecular formula is C17H24N2O4. The molecule has 0 radical (unpaired) electrons. The van der Waals surface area contributed by atoms with Gasteiger partial charge in [-0.15, -0.1) is 0 Å². The van der Waals surface area contributed by atoms with E-state index in [9.17, 15) is 9.59 Å². The fourth-order valence-electron chi connectivity index (χ4n) is 2.72. The van der Waals surface area contributed by atoms with Crippen molar-refractivity contribution in [1.29, 1.82) is 0 Å². The van der Waals surface area contributed by atoms with Gasteiger partial charge in [0.1, 0.15) is 5.75 Å². The van der Waals surface area contributed by atoms with Gasteiger partial charge < -0.3 is 20.1 Å². The van der Waals surface area contributed by atoms with Crippen LogP contribution in [0.25, 0.3) is 0 Å². The summed E-state index contributed by atoms with van der Waals surface area (Å²) >= 11 is 0. The van der Waals surface area contributed by atoms with E-state index in [1.54, 1.807) is 36.3 Å². The Labute approximate surface area is 136 Å². The highest BCUT2D eigenvalue weighted by Gasteiger charge is 2.27. The molecule has 23 heavy (non-hydrogen) atoms. The van der Waals surface area contributed by atoms with Crippen molar-refractivity contribution in [3.63, 3.8) is 0 Å². The van der Waals surface area contributed by atoms with Gasteiger partial charge in [-0.1, -0.05) is 6.07 Å². The second-order valence-corrected chi connectivity index (χ2v) is 5.67. The van der Waals surface area contributed by atoms with E-state index in [4.69, 9.17) is 9.84 Å². The van der Waals surface area contributed by atoms with E-state index in [1.807, 2.05) is 0 Å². The molecule has 6 nitrogen and oxygen atoms in total. The smallest absolute Gasteiger partial charge is 0.253 e. The first kappa shape index (κ1) is 17.3. The van der Waals surface area contributed by atoms with Crippen LogP contribution in [0, 0.1) is 5.92 Å². The van der Waals surface area contributed by atoms with Crippen LogP contribution in [0.15, 0.2) is 24.3 Å². The minimum atomic E-state index is -0.0527. The molecule has 1 aromatic carbocycles. The number of nitrogens with zero attached hydrogens (tertiary/aromatic N) is 1. The summed E-state index contributed by atoms with van der Waals surface area (Å²) < 4.78 is 5.15. The molecule has 1 saturated heterocycles. The number of aliphatic hydroxyl groups is 1. The fourth-order valence-corrected chi connectivity index (χ4v) is 2.72. The average molecular weight is 320 g/mol. The molecule has 1 aliphatic heterocycles. The number of piperidine rings is 1. The van der Waals surface area contributed by atoms with Crippen molar-refractivity contribution in [2.45, 2.75) is 19.3 Å². The van der Waals surface area contributed by atoms with Crippen LogP contribution in [0.2, 0.25) is 0 Å². The number of carbonyl (C=O) groups is 2. The maximum atomic E-state index is 12.5. The predicted octanol–water partition coefficient (Wildman–Crippen LogP) is 1.05. The molecule has 1 aromatic rings. The Kier molecular flexibility index (Phi) is 6.40. The lowest BCUT2D eigenvalue weighted by Gasteiger charge is -2.31. The van der Waals surface area contributed by atoms with E-state index >= 15 is 0 Å². The molecule has 126 valence electrons. The average Bonchev–Trinajstić information content (AvgIpc) is 2.61. The van der Waals surface area contributed by atoms with Crippen molar-refractivity contribution in [1.82, 2.24) is 10.2 Å². The third-order valence-electron chi connectivity index (χ3n) is 4.10. The number of nitrogens with one attached hydrogen (secondary N) is 1. The Morgan fingerprint density at radius 3 is 2.74 bits per heavy atom.